The van der Waals surface area contributed by atoms with Crippen LogP contribution in [-0.4, -0.2) is 74.4 Å². The van der Waals surface area contributed by atoms with Crippen molar-refractivity contribution in [1.29, 1.82) is 0 Å². The molecule has 1 aliphatic rings. The first-order valence-corrected chi connectivity index (χ1v) is 15.1. The molecule has 1 amide bonds. The zero-order chi connectivity index (χ0) is 28.8. The lowest BCUT2D eigenvalue weighted by atomic mass is 10.2. The van der Waals surface area contributed by atoms with Gasteiger partial charge in [-0.25, -0.2) is 8.42 Å². The Hall–Kier alpha value is -2.77. The van der Waals surface area contributed by atoms with Gasteiger partial charge in [0, 0.05) is 42.5 Å². The molecule has 40 heavy (non-hydrogen) atoms. The van der Waals surface area contributed by atoms with E-state index in [0.29, 0.717) is 38.9 Å². The van der Waals surface area contributed by atoms with Gasteiger partial charge in [0.05, 0.1) is 36.8 Å². The smallest absolute Gasteiger partial charge is 0.379 e. The van der Waals surface area contributed by atoms with Gasteiger partial charge in [-0.1, -0.05) is 36.4 Å². The molecule has 1 aromatic heterocycles. The normalized spacial score (nSPS) is 14.9. The van der Waals surface area contributed by atoms with Crippen molar-refractivity contribution in [2.24, 2.45) is 0 Å². The third kappa shape index (κ3) is 8.14. The number of aryl methyl sites for hydroxylation is 1. The van der Waals surface area contributed by atoms with Crippen molar-refractivity contribution >= 4 is 27.3 Å². The summed E-state index contributed by atoms with van der Waals surface area (Å²) in [6, 6.07) is 16.9. The third-order valence-corrected chi connectivity index (χ3v) is 9.42. The van der Waals surface area contributed by atoms with Gasteiger partial charge in [-0.2, -0.15) is 17.5 Å². The topological polar surface area (TPSA) is 70.2 Å². The van der Waals surface area contributed by atoms with Crippen LogP contribution in [-0.2, 0) is 38.8 Å². The minimum Gasteiger partial charge on any atom is -0.379 e. The molecule has 0 atom stereocenters. The van der Waals surface area contributed by atoms with Gasteiger partial charge in [-0.3, -0.25) is 9.69 Å². The van der Waals surface area contributed by atoms with Gasteiger partial charge >= 0.3 is 6.18 Å². The van der Waals surface area contributed by atoms with E-state index in [4.69, 9.17) is 4.74 Å². The molecule has 1 aliphatic heterocycles. The van der Waals surface area contributed by atoms with E-state index in [1.165, 1.54) is 0 Å². The van der Waals surface area contributed by atoms with Crippen molar-refractivity contribution in [3.05, 3.63) is 87.6 Å². The predicted octanol–water partition coefficient (Wildman–Crippen LogP) is 4.63. The Morgan fingerprint density at radius 2 is 1.73 bits per heavy atom. The predicted molar refractivity (Wildman–Crippen MR) is 147 cm³/mol. The van der Waals surface area contributed by atoms with Crippen LogP contribution in [0.5, 0.6) is 0 Å². The zero-order valence-electron chi connectivity index (χ0n) is 22.1. The van der Waals surface area contributed by atoms with E-state index in [9.17, 15) is 26.4 Å². The van der Waals surface area contributed by atoms with Crippen molar-refractivity contribution in [3.63, 3.8) is 0 Å². The number of hydrogen-bond donors (Lipinski definition) is 0. The van der Waals surface area contributed by atoms with Gasteiger partial charge < -0.3 is 9.64 Å². The van der Waals surface area contributed by atoms with E-state index < -0.39 is 39.1 Å². The van der Waals surface area contributed by atoms with Crippen molar-refractivity contribution in [2.75, 3.05) is 45.9 Å². The lowest BCUT2D eigenvalue weighted by molar-refractivity contribution is -0.137. The lowest BCUT2D eigenvalue weighted by Crippen LogP contribution is -2.47. The molecule has 0 radical (unpaired) electrons. The van der Waals surface area contributed by atoms with Crippen molar-refractivity contribution in [3.8, 4) is 0 Å². The number of morpholine rings is 1. The maximum Gasteiger partial charge on any atom is 0.416 e. The maximum absolute atomic E-state index is 13.7. The standard InChI is InChI=1S/C28H32F3N3O4S2/c1-22-10-11-25(39-22)20-33(19-23-6-3-2-4-7-23)27(35)21-34(13-12-32-14-16-38-17-15-32)40(36,37)26-9-5-8-24(18-26)28(29,30)31/h2-11,18H,12-17,19-21H2,1H3. The molecule has 0 N–H and O–H groups in total. The molecule has 3 aromatic rings. The minimum atomic E-state index is -4.70. The third-order valence-electron chi connectivity index (χ3n) is 6.59. The molecule has 0 saturated carbocycles. The highest BCUT2D eigenvalue weighted by atomic mass is 32.2. The number of carbonyl (C=O) groups is 1. The Kier molecular flexibility index (Phi) is 10.0. The highest BCUT2D eigenvalue weighted by Gasteiger charge is 2.34. The Bertz CT molecular complexity index is 1370. The first kappa shape index (κ1) is 30.2. The Balaban J connectivity index is 1.61. The van der Waals surface area contributed by atoms with Crippen LogP contribution in [0.3, 0.4) is 0 Å². The number of amides is 1. The van der Waals surface area contributed by atoms with Crippen LogP contribution >= 0.6 is 11.3 Å². The van der Waals surface area contributed by atoms with Gasteiger partial charge in [0.1, 0.15) is 0 Å². The first-order chi connectivity index (χ1) is 19.0. The number of sulfonamides is 1. The molecule has 0 unspecified atom stereocenters. The molecule has 2 heterocycles. The molecule has 2 aromatic carbocycles. The number of halogens is 3. The lowest BCUT2D eigenvalue weighted by Gasteiger charge is -2.31. The fourth-order valence-corrected chi connectivity index (χ4v) is 6.72. The number of ether oxygens (including phenoxy) is 1. The van der Waals surface area contributed by atoms with Gasteiger partial charge in [0.25, 0.3) is 0 Å². The van der Waals surface area contributed by atoms with Gasteiger partial charge in [-0.15, -0.1) is 11.3 Å². The Labute approximate surface area is 236 Å². The van der Waals surface area contributed by atoms with Gasteiger partial charge in [0.2, 0.25) is 15.9 Å². The second-order valence-electron chi connectivity index (χ2n) is 9.57. The second-order valence-corrected chi connectivity index (χ2v) is 12.9. The average Bonchev–Trinajstić information content (AvgIpc) is 3.35. The number of hydrogen-bond acceptors (Lipinski definition) is 6. The largest absolute Gasteiger partial charge is 0.416 e. The Morgan fingerprint density at radius 3 is 2.38 bits per heavy atom. The van der Waals surface area contributed by atoms with Crippen LogP contribution in [0.2, 0.25) is 0 Å². The number of thiophene rings is 1. The van der Waals surface area contributed by atoms with Crippen LogP contribution in [0.4, 0.5) is 13.2 Å². The molecule has 7 nitrogen and oxygen atoms in total. The van der Waals surface area contributed by atoms with Crippen LogP contribution < -0.4 is 0 Å². The van der Waals surface area contributed by atoms with Crippen molar-refractivity contribution in [1.82, 2.24) is 14.1 Å². The number of benzene rings is 2. The fourth-order valence-electron chi connectivity index (χ4n) is 4.39. The van der Waals surface area contributed by atoms with E-state index in [1.807, 2.05) is 54.3 Å². The molecule has 0 aliphatic carbocycles. The molecule has 4 rings (SSSR count). The SMILES string of the molecule is Cc1ccc(CN(Cc2ccccc2)C(=O)CN(CCN2CCOCC2)S(=O)(=O)c2cccc(C(F)(F)F)c2)s1. The number of carbonyl (C=O) groups excluding carboxylic acids is 1. The van der Waals surface area contributed by atoms with E-state index in [-0.39, 0.29) is 19.6 Å². The highest BCUT2D eigenvalue weighted by molar-refractivity contribution is 7.89. The van der Waals surface area contributed by atoms with Crippen molar-refractivity contribution < 1.29 is 31.1 Å². The Morgan fingerprint density at radius 1 is 1.00 bits per heavy atom. The second kappa shape index (κ2) is 13.3. The van der Waals surface area contributed by atoms with E-state index in [2.05, 4.69) is 0 Å². The maximum atomic E-state index is 13.7. The quantitative estimate of drug-likeness (QED) is 0.324. The number of rotatable bonds is 11. The van der Waals surface area contributed by atoms with Gasteiger partial charge in [-0.05, 0) is 42.8 Å². The van der Waals surface area contributed by atoms with Crippen molar-refractivity contribution in [2.45, 2.75) is 31.1 Å². The molecule has 0 bridgehead atoms. The molecule has 216 valence electrons. The van der Waals surface area contributed by atoms with Gasteiger partial charge in [0.15, 0.2) is 0 Å². The summed E-state index contributed by atoms with van der Waals surface area (Å²) in [5, 5.41) is 0. The molecule has 1 fully saturated rings. The summed E-state index contributed by atoms with van der Waals surface area (Å²) in [4.78, 5) is 18.9. The molecular formula is C28H32F3N3O4S2. The van der Waals surface area contributed by atoms with E-state index >= 15 is 0 Å². The zero-order valence-corrected chi connectivity index (χ0v) is 23.8. The van der Waals surface area contributed by atoms with E-state index in [1.54, 1.807) is 16.2 Å². The van der Waals surface area contributed by atoms with Crippen LogP contribution in [0.1, 0.15) is 20.9 Å². The summed E-state index contributed by atoms with van der Waals surface area (Å²) in [5.74, 6) is -0.438. The van der Waals surface area contributed by atoms with E-state index in [0.717, 1.165) is 37.8 Å². The summed E-state index contributed by atoms with van der Waals surface area (Å²) in [6.45, 7) is 4.48. The first-order valence-electron chi connectivity index (χ1n) is 12.9. The van der Waals surface area contributed by atoms with Crippen LogP contribution in [0, 0.1) is 6.92 Å². The minimum absolute atomic E-state index is 0.0540. The molecule has 0 spiro atoms. The summed E-state index contributed by atoms with van der Waals surface area (Å²) in [6.07, 6.45) is -4.70. The highest BCUT2D eigenvalue weighted by Crippen LogP contribution is 2.31. The summed E-state index contributed by atoms with van der Waals surface area (Å²) < 4.78 is 74.0. The number of alkyl halides is 3. The molecular weight excluding hydrogens is 563 g/mol. The average molecular weight is 596 g/mol. The van der Waals surface area contributed by atoms with Crippen LogP contribution in [0.25, 0.3) is 0 Å². The molecule has 1 saturated heterocycles. The molecule has 12 heteroatoms. The fraction of sp³-hybridized carbons (Fsp3) is 0.393. The summed E-state index contributed by atoms with van der Waals surface area (Å²) in [7, 11) is -4.42. The monoisotopic (exact) mass is 595 g/mol. The van der Waals surface area contributed by atoms with Crippen LogP contribution in [0.15, 0.2) is 71.6 Å². The summed E-state index contributed by atoms with van der Waals surface area (Å²) >= 11 is 1.55. The number of nitrogens with zero attached hydrogens (tertiary/aromatic N) is 3. The summed E-state index contributed by atoms with van der Waals surface area (Å²) in [5.41, 5.74) is -0.184.